The molecular weight excluding hydrogens is 252 g/mol. The van der Waals surface area contributed by atoms with Crippen molar-refractivity contribution >= 4 is 11.5 Å². The van der Waals surface area contributed by atoms with E-state index in [1.54, 1.807) is 6.07 Å². The van der Waals surface area contributed by atoms with Gasteiger partial charge in [-0.15, -0.1) is 0 Å². The van der Waals surface area contributed by atoms with Crippen LogP contribution in [-0.2, 0) is 4.79 Å². The van der Waals surface area contributed by atoms with Crippen LogP contribution in [0.2, 0.25) is 0 Å². The molecule has 1 fully saturated rings. The number of non-ortho nitro benzene ring substituents is 1. The van der Waals surface area contributed by atoms with E-state index in [1.165, 1.54) is 18.2 Å². The standard InChI is InChI=1S/C12H12N2O5/c15-10-4-5-12(14(18)19)11(7-10)8-2-1-3-9(6-8)13(16)17/h1-3,6,11-12H,4-5,7H2/t11-,12+/m0/s1. The number of rotatable bonds is 3. The van der Waals surface area contributed by atoms with E-state index in [9.17, 15) is 25.0 Å². The molecule has 1 saturated carbocycles. The van der Waals surface area contributed by atoms with Crippen LogP contribution >= 0.6 is 0 Å². The van der Waals surface area contributed by atoms with Gasteiger partial charge in [-0.25, -0.2) is 0 Å². The maximum Gasteiger partial charge on any atom is 0.269 e. The van der Waals surface area contributed by atoms with E-state index in [2.05, 4.69) is 0 Å². The number of ketones is 1. The molecule has 0 amide bonds. The summed E-state index contributed by atoms with van der Waals surface area (Å²) in [5.41, 5.74) is 0.376. The van der Waals surface area contributed by atoms with Gasteiger partial charge in [-0.3, -0.25) is 25.0 Å². The zero-order chi connectivity index (χ0) is 14.0. The van der Waals surface area contributed by atoms with Crippen molar-refractivity contribution in [2.24, 2.45) is 0 Å². The maximum atomic E-state index is 11.5. The van der Waals surface area contributed by atoms with Gasteiger partial charge in [0, 0.05) is 36.3 Å². The summed E-state index contributed by atoms with van der Waals surface area (Å²) in [5, 5.41) is 21.7. The summed E-state index contributed by atoms with van der Waals surface area (Å²) in [4.78, 5) is 32.3. The number of nitro groups is 2. The number of carbonyl (C=O) groups excluding carboxylic acids is 1. The van der Waals surface area contributed by atoms with Crippen LogP contribution in [0.3, 0.4) is 0 Å². The van der Waals surface area contributed by atoms with E-state index >= 15 is 0 Å². The molecule has 7 nitrogen and oxygen atoms in total. The van der Waals surface area contributed by atoms with Crippen LogP contribution in [0.1, 0.15) is 30.7 Å². The van der Waals surface area contributed by atoms with Gasteiger partial charge in [0.15, 0.2) is 0 Å². The molecule has 0 radical (unpaired) electrons. The van der Waals surface area contributed by atoms with Crippen LogP contribution in [0.5, 0.6) is 0 Å². The average Bonchev–Trinajstić information content (AvgIpc) is 2.38. The summed E-state index contributed by atoms with van der Waals surface area (Å²) in [6.45, 7) is 0. The smallest absolute Gasteiger partial charge is 0.269 e. The Hall–Kier alpha value is -2.31. The number of hydrogen-bond donors (Lipinski definition) is 0. The molecule has 0 unspecified atom stereocenters. The fourth-order valence-corrected chi connectivity index (χ4v) is 2.45. The van der Waals surface area contributed by atoms with Gasteiger partial charge < -0.3 is 0 Å². The van der Waals surface area contributed by atoms with Crippen molar-refractivity contribution in [3.8, 4) is 0 Å². The lowest BCUT2D eigenvalue weighted by atomic mass is 9.79. The zero-order valence-electron chi connectivity index (χ0n) is 10.0. The highest BCUT2D eigenvalue weighted by Crippen LogP contribution is 2.34. The number of hydrogen-bond acceptors (Lipinski definition) is 5. The van der Waals surface area contributed by atoms with Gasteiger partial charge in [-0.1, -0.05) is 12.1 Å². The molecule has 0 bridgehead atoms. The second-order valence-corrected chi connectivity index (χ2v) is 4.59. The van der Waals surface area contributed by atoms with Gasteiger partial charge in [-0.05, 0) is 5.56 Å². The maximum absolute atomic E-state index is 11.5. The van der Waals surface area contributed by atoms with Gasteiger partial charge in [-0.2, -0.15) is 0 Å². The monoisotopic (exact) mass is 264 g/mol. The van der Waals surface area contributed by atoms with Crippen molar-refractivity contribution in [3.05, 3.63) is 50.1 Å². The summed E-state index contributed by atoms with van der Waals surface area (Å²) in [6.07, 6.45) is 0.475. The molecule has 19 heavy (non-hydrogen) atoms. The number of benzene rings is 1. The highest BCUT2D eigenvalue weighted by atomic mass is 16.6. The topological polar surface area (TPSA) is 103 Å². The Bertz CT molecular complexity index is 543. The van der Waals surface area contributed by atoms with Crippen LogP contribution in [-0.4, -0.2) is 21.7 Å². The molecule has 1 aromatic carbocycles. The molecule has 0 heterocycles. The highest BCUT2D eigenvalue weighted by Gasteiger charge is 2.38. The average molecular weight is 264 g/mol. The van der Waals surface area contributed by atoms with Crippen molar-refractivity contribution in [2.75, 3.05) is 0 Å². The Morgan fingerprint density at radius 1 is 1.21 bits per heavy atom. The molecule has 7 heteroatoms. The van der Waals surface area contributed by atoms with E-state index in [-0.39, 0.29) is 30.7 Å². The first kappa shape index (κ1) is 13.1. The van der Waals surface area contributed by atoms with E-state index < -0.39 is 21.8 Å². The lowest BCUT2D eigenvalue weighted by molar-refractivity contribution is -0.528. The Labute approximate surface area is 108 Å². The third-order valence-corrected chi connectivity index (χ3v) is 3.41. The highest BCUT2D eigenvalue weighted by molar-refractivity contribution is 5.80. The van der Waals surface area contributed by atoms with Crippen molar-refractivity contribution in [2.45, 2.75) is 31.2 Å². The van der Waals surface area contributed by atoms with Crippen LogP contribution in [0, 0.1) is 20.2 Å². The van der Waals surface area contributed by atoms with Gasteiger partial charge in [0.25, 0.3) is 5.69 Å². The summed E-state index contributed by atoms with van der Waals surface area (Å²) >= 11 is 0. The zero-order valence-corrected chi connectivity index (χ0v) is 10.0. The molecule has 0 spiro atoms. The van der Waals surface area contributed by atoms with Crippen molar-refractivity contribution in [1.29, 1.82) is 0 Å². The molecule has 100 valence electrons. The minimum Gasteiger partial charge on any atom is -0.300 e. The molecule has 0 N–H and O–H groups in total. The number of carbonyl (C=O) groups is 1. The Morgan fingerprint density at radius 2 is 1.95 bits per heavy atom. The molecule has 1 aliphatic rings. The summed E-state index contributed by atoms with van der Waals surface area (Å²) < 4.78 is 0. The van der Waals surface area contributed by atoms with Crippen LogP contribution in [0.15, 0.2) is 24.3 Å². The first-order valence-corrected chi connectivity index (χ1v) is 5.88. The number of nitrogens with zero attached hydrogens (tertiary/aromatic N) is 2. The second-order valence-electron chi connectivity index (χ2n) is 4.59. The van der Waals surface area contributed by atoms with E-state index in [4.69, 9.17) is 0 Å². The number of nitro benzene ring substituents is 1. The fourth-order valence-electron chi connectivity index (χ4n) is 2.45. The minimum atomic E-state index is -0.847. The van der Waals surface area contributed by atoms with Crippen LogP contribution in [0.4, 0.5) is 5.69 Å². The fraction of sp³-hybridized carbons (Fsp3) is 0.417. The minimum absolute atomic E-state index is 0.0328. The molecule has 1 aromatic rings. The normalized spacial score (nSPS) is 23.1. The van der Waals surface area contributed by atoms with Crippen LogP contribution < -0.4 is 0 Å². The Balaban J connectivity index is 2.36. The molecule has 2 rings (SSSR count). The molecular formula is C12H12N2O5. The van der Waals surface area contributed by atoms with Gasteiger partial charge in [0.1, 0.15) is 5.78 Å². The molecule has 0 saturated heterocycles. The van der Waals surface area contributed by atoms with Crippen LogP contribution in [0.25, 0.3) is 0 Å². The molecule has 2 atom stereocenters. The predicted molar refractivity (Wildman–Crippen MR) is 65.5 cm³/mol. The lowest BCUT2D eigenvalue weighted by Gasteiger charge is -2.24. The predicted octanol–water partition coefficient (Wildman–Crippen LogP) is 2.08. The first-order chi connectivity index (χ1) is 8.99. The third kappa shape index (κ3) is 2.75. The van der Waals surface area contributed by atoms with Crippen molar-refractivity contribution < 1.29 is 14.6 Å². The summed E-state index contributed by atoms with van der Waals surface area (Å²) in [7, 11) is 0. The quantitative estimate of drug-likeness (QED) is 0.614. The third-order valence-electron chi connectivity index (χ3n) is 3.41. The van der Waals surface area contributed by atoms with E-state index in [1.807, 2.05) is 0 Å². The van der Waals surface area contributed by atoms with Gasteiger partial charge >= 0.3 is 0 Å². The van der Waals surface area contributed by atoms with Crippen molar-refractivity contribution in [1.82, 2.24) is 0 Å². The summed E-state index contributed by atoms with van der Waals surface area (Å²) in [6, 6.07) is 4.89. The molecule has 0 aliphatic heterocycles. The Morgan fingerprint density at radius 3 is 2.58 bits per heavy atom. The SMILES string of the molecule is O=C1CC[C@@H]([N+](=O)[O-])[C@H](c2cccc([N+](=O)[O-])c2)C1. The largest absolute Gasteiger partial charge is 0.300 e. The van der Waals surface area contributed by atoms with Gasteiger partial charge in [0.2, 0.25) is 6.04 Å². The molecule has 0 aromatic heterocycles. The van der Waals surface area contributed by atoms with Gasteiger partial charge in [0.05, 0.1) is 10.8 Å². The number of Topliss-reactive ketones (excluding diaryl/α,β-unsaturated/α-hetero) is 1. The van der Waals surface area contributed by atoms with Crippen molar-refractivity contribution in [3.63, 3.8) is 0 Å². The molecule has 1 aliphatic carbocycles. The summed E-state index contributed by atoms with van der Waals surface area (Å²) in [5.74, 6) is -0.606. The Kier molecular flexibility index (Phi) is 3.55. The second kappa shape index (κ2) is 5.13. The van der Waals surface area contributed by atoms with E-state index in [0.717, 1.165) is 0 Å². The first-order valence-electron chi connectivity index (χ1n) is 5.88. The lowest BCUT2D eigenvalue weighted by Crippen LogP contribution is -2.34. The van der Waals surface area contributed by atoms with E-state index in [0.29, 0.717) is 5.56 Å².